The molecule has 4 rings (SSSR count). The van der Waals surface area contributed by atoms with Crippen LogP contribution < -0.4 is 10.1 Å². The van der Waals surface area contributed by atoms with E-state index < -0.39 is 0 Å². The van der Waals surface area contributed by atoms with E-state index in [4.69, 9.17) is 4.74 Å². The van der Waals surface area contributed by atoms with Crippen LogP contribution in [-0.2, 0) is 11.2 Å². The number of hydrogen-bond donors (Lipinski definition) is 1. The SMILES string of the molecule is Cc1ccccc1OCC(=O)Nc1ccc(Cc2nc3ccccc3s2)cc1. The molecule has 4 nitrogen and oxygen atoms in total. The van der Waals surface area contributed by atoms with Crippen LogP contribution >= 0.6 is 11.3 Å². The smallest absolute Gasteiger partial charge is 0.262 e. The number of anilines is 1. The molecule has 5 heteroatoms. The van der Waals surface area contributed by atoms with Crippen LogP contribution in [0.2, 0.25) is 0 Å². The van der Waals surface area contributed by atoms with Crippen molar-refractivity contribution in [2.75, 3.05) is 11.9 Å². The number of para-hydroxylation sites is 2. The molecule has 1 aromatic heterocycles. The second-order valence-electron chi connectivity index (χ2n) is 6.55. The van der Waals surface area contributed by atoms with E-state index in [-0.39, 0.29) is 12.5 Å². The first-order valence-corrected chi connectivity index (χ1v) is 9.91. The van der Waals surface area contributed by atoms with Crippen molar-refractivity contribution in [1.29, 1.82) is 0 Å². The molecule has 0 unspecified atom stereocenters. The van der Waals surface area contributed by atoms with Crippen molar-refractivity contribution in [2.45, 2.75) is 13.3 Å². The highest BCUT2D eigenvalue weighted by Gasteiger charge is 2.07. The van der Waals surface area contributed by atoms with E-state index in [0.717, 1.165) is 39.5 Å². The van der Waals surface area contributed by atoms with Gasteiger partial charge in [-0.25, -0.2) is 4.98 Å². The lowest BCUT2D eigenvalue weighted by atomic mass is 10.1. The van der Waals surface area contributed by atoms with Gasteiger partial charge in [-0.1, -0.05) is 42.5 Å². The maximum absolute atomic E-state index is 12.1. The summed E-state index contributed by atoms with van der Waals surface area (Å²) < 4.78 is 6.79. The highest BCUT2D eigenvalue weighted by atomic mass is 32.1. The predicted molar refractivity (Wildman–Crippen MR) is 114 cm³/mol. The number of carbonyl (C=O) groups is 1. The number of amides is 1. The van der Waals surface area contributed by atoms with Gasteiger partial charge in [0, 0.05) is 12.1 Å². The van der Waals surface area contributed by atoms with E-state index in [1.54, 1.807) is 11.3 Å². The molecule has 0 aliphatic heterocycles. The van der Waals surface area contributed by atoms with Crippen LogP contribution in [0.25, 0.3) is 10.2 Å². The van der Waals surface area contributed by atoms with Gasteiger partial charge in [0.1, 0.15) is 5.75 Å². The van der Waals surface area contributed by atoms with Gasteiger partial charge in [-0.3, -0.25) is 4.79 Å². The standard InChI is InChI=1S/C23H20N2O2S/c1-16-6-2-4-8-20(16)27-15-22(26)24-18-12-10-17(11-13-18)14-23-25-19-7-3-5-9-21(19)28-23/h2-13H,14-15H2,1H3,(H,24,26). The lowest BCUT2D eigenvalue weighted by molar-refractivity contribution is -0.118. The summed E-state index contributed by atoms with van der Waals surface area (Å²) in [5.74, 6) is 0.547. The van der Waals surface area contributed by atoms with Gasteiger partial charge in [0.05, 0.1) is 15.2 Å². The number of benzene rings is 3. The number of nitrogens with one attached hydrogen (secondary N) is 1. The number of nitrogens with zero attached hydrogens (tertiary/aromatic N) is 1. The monoisotopic (exact) mass is 388 g/mol. The molecule has 28 heavy (non-hydrogen) atoms. The summed E-state index contributed by atoms with van der Waals surface area (Å²) in [7, 11) is 0. The van der Waals surface area contributed by atoms with E-state index in [0.29, 0.717) is 0 Å². The summed E-state index contributed by atoms with van der Waals surface area (Å²) in [6, 6.07) is 23.7. The Morgan fingerprint density at radius 2 is 1.75 bits per heavy atom. The Morgan fingerprint density at radius 3 is 2.54 bits per heavy atom. The average molecular weight is 388 g/mol. The molecule has 0 bridgehead atoms. The zero-order chi connectivity index (χ0) is 19.3. The molecule has 0 spiro atoms. The van der Waals surface area contributed by atoms with Crippen molar-refractivity contribution in [3.63, 3.8) is 0 Å². The summed E-state index contributed by atoms with van der Waals surface area (Å²) >= 11 is 1.72. The maximum atomic E-state index is 12.1. The number of fused-ring (bicyclic) bond motifs is 1. The fourth-order valence-corrected chi connectivity index (χ4v) is 3.94. The maximum Gasteiger partial charge on any atom is 0.262 e. The molecule has 0 aliphatic carbocycles. The fraction of sp³-hybridized carbons (Fsp3) is 0.130. The Hall–Kier alpha value is -3.18. The molecule has 0 atom stereocenters. The molecule has 0 saturated carbocycles. The van der Waals surface area contributed by atoms with Gasteiger partial charge in [-0.15, -0.1) is 11.3 Å². The van der Waals surface area contributed by atoms with Crippen molar-refractivity contribution in [3.8, 4) is 5.75 Å². The Morgan fingerprint density at radius 1 is 1.00 bits per heavy atom. The highest BCUT2D eigenvalue weighted by molar-refractivity contribution is 7.18. The third-order valence-corrected chi connectivity index (χ3v) is 5.42. The van der Waals surface area contributed by atoms with Crippen LogP contribution in [0.1, 0.15) is 16.1 Å². The molecule has 1 heterocycles. The van der Waals surface area contributed by atoms with Crippen LogP contribution in [0.15, 0.2) is 72.8 Å². The first kappa shape index (κ1) is 18.2. The van der Waals surface area contributed by atoms with E-state index in [1.807, 2.05) is 73.7 Å². The van der Waals surface area contributed by atoms with Gasteiger partial charge >= 0.3 is 0 Å². The highest BCUT2D eigenvalue weighted by Crippen LogP contribution is 2.24. The van der Waals surface area contributed by atoms with Crippen LogP contribution in [0.3, 0.4) is 0 Å². The van der Waals surface area contributed by atoms with Crippen molar-refractivity contribution in [1.82, 2.24) is 4.98 Å². The minimum Gasteiger partial charge on any atom is -0.483 e. The zero-order valence-electron chi connectivity index (χ0n) is 15.5. The topological polar surface area (TPSA) is 51.2 Å². The zero-order valence-corrected chi connectivity index (χ0v) is 16.3. The number of carbonyl (C=O) groups excluding carboxylic acids is 1. The fourth-order valence-electron chi connectivity index (χ4n) is 2.93. The van der Waals surface area contributed by atoms with Crippen molar-refractivity contribution in [3.05, 3.63) is 88.9 Å². The predicted octanol–water partition coefficient (Wildman–Crippen LogP) is 5.21. The lowest BCUT2D eigenvalue weighted by Gasteiger charge is -2.09. The summed E-state index contributed by atoms with van der Waals surface area (Å²) in [6.45, 7) is 1.94. The van der Waals surface area contributed by atoms with Crippen molar-refractivity contribution < 1.29 is 9.53 Å². The second-order valence-corrected chi connectivity index (χ2v) is 7.67. The first-order chi connectivity index (χ1) is 13.7. The summed E-state index contributed by atoms with van der Waals surface area (Å²) in [6.07, 6.45) is 0.782. The van der Waals surface area contributed by atoms with E-state index in [9.17, 15) is 4.79 Å². The van der Waals surface area contributed by atoms with Gasteiger partial charge < -0.3 is 10.1 Å². The van der Waals surface area contributed by atoms with E-state index in [1.165, 1.54) is 4.70 Å². The Labute approximate surface area is 167 Å². The van der Waals surface area contributed by atoms with Crippen molar-refractivity contribution >= 4 is 33.1 Å². The normalized spacial score (nSPS) is 10.8. The van der Waals surface area contributed by atoms with Gasteiger partial charge in [0.25, 0.3) is 5.91 Å². The quantitative estimate of drug-likeness (QED) is 0.493. The summed E-state index contributed by atoms with van der Waals surface area (Å²) in [5, 5.41) is 3.95. The molecule has 0 radical (unpaired) electrons. The Kier molecular flexibility index (Phi) is 5.35. The molecular weight excluding hydrogens is 368 g/mol. The van der Waals surface area contributed by atoms with Gasteiger partial charge in [-0.05, 0) is 48.4 Å². The number of ether oxygens (including phenoxy) is 1. The number of rotatable bonds is 6. The van der Waals surface area contributed by atoms with Crippen LogP contribution in [0.5, 0.6) is 5.75 Å². The van der Waals surface area contributed by atoms with Crippen LogP contribution in [0, 0.1) is 6.92 Å². The molecular formula is C23H20N2O2S. The third-order valence-electron chi connectivity index (χ3n) is 4.38. The Balaban J connectivity index is 1.33. The van der Waals surface area contributed by atoms with Gasteiger partial charge in [0.2, 0.25) is 0 Å². The second kappa shape index (κ2) is 8.23. The van der Waals surface area contributed by atoms with Crippen LogP contribution in [-0.4, -0.2) is 17.5 Å². The van der Waals surface area contributed by atoms with Crippen molar-refractivity contribution in [2.24, 2.45) is 0 Å². The number of hydrogen-bond acceptors (Lipinski definition) is 4. The minimum atomic E-state index is -0.179. The largest absolute Gasteiger partial charge is 0.483 e. The molecule has 0 fully saturated rings. The Bertz CT molecular complexity index is 1070. The molecule has 140 valence electrons. The number of thiazole rings is 1. The number of aromatic nitrogens is 1. The summed E-state index contributed by atoms with van der Waals surface area (Å²) in [4.78, 5) is 16.8. The molecule has 4 aromatic rings. The minimum absolute atomic E-state index is 0.0156. The van der Waals surface area contributed by atoms with Crippen LogP contribution in [0.4, 0.5) is 5.69 Å². The molecule has 0 aliphatic rings. The first-order valence-electron chi connectivity index (χ1n) is 9.09. The van der Waals surface area contributed by atoms with E-state index >= 15 is 0 Å². The number of aryl methyl sites for hydroxylation is 1. The molecule has 1 amide bonds. The summed E-state index contributed by atoms with van der Waals surface area (Å²) in [5.41, 5.74) is 3.97. The third kappa shape index (κ3) is 4.38. The van der Waals surface area contributed by atoms with E-state index in [2.05, 4.69) is 16.4 Å². The average Bonchev–Trinajstić information content (AvgIpc) is 3.11. The molecule has 3 aromatic carbocycles. The van der Waals surface area contributed by atoms with Gasteiger partial charge in [0.15, 0.2) is 6.61 Å². The lowest BCUT2D eigenvalue weighted by Crippen LogP contribution is -2.20. The molecule has 1 N–H and O–H groups in total. The molecule has 0 saturated heterocycles. The van der Waals surface area contributed by atoms with Gasteiger partial charge in [-0.2, -0.15) is 0 Å².